The zero-order valence-corrected chi connectivity index (χ0v) is 21.9. The Morgan fingerprint density at radius 2 is 1.68 bits per heavy atom. The maximum atomic E-state index is 12.5. The van der Waals surface area contributed by atoms with Crippen molar-refractivity contribution in [3.05, 3.63) is 95.0 Å². The molecule has 2 amide bonds. The van der Waals surface area contributed by atoms with Crippen molar-refractivity contribution < 1.29 is 14.3 Å². The molecule has 2 N–H and O–H groups in total. The number of halogens is 1. The van der Waals surface area contributed by atoms with Gasteiger partial charge >= 0.3 is 0 Å². The highest BCUT2D eigenvalue weighted by molar-refractivity contribution is 7.80. The summed E-state index contributed by atoms with van der Waals surface area (Å²) in [4.78, 5) is 29.1. The molecule has 0 unspecified atom stereocenters. The van der Waals surface area contributed by atoms with Gasteiger partial charge in [0.15, 0.2) is 5.11 Å². The summed E-state index contributed by atoms with van der Waals surface area (Å²) in [7, 11) is 1.51. The topological polar surface area (TPSA) is 73.9 Å². The molecule has 0 atom stereocenters. The minimum atomic E-state index is -0.371. The fourth-order valence-corrected chi connectivity index (χ4v) is 4.39. The molecule has 1 aliphatic heterocycles. The summed E-state index contributed by atoms with van der Waals surface area (Å²) in [5.41, 5.74) is 3.19. The molecule has 1 aliphatic rings. The first-order valence-electron chi connectivity index (χ1n) is 11.8. The highest BCUT2D eigenvalue weighted by Gasteiger charge is 2.20. The van der Waals surface area contributed by atoms with E-state index in [9.17, 15) is 9.59 Å². The van der Waals surface area contributed by atoms with Crippen LogP contribution in [0.5, 0.6) is 5.75 Å². The molecule has 0 bridgehead atoms. The molecule has 0 aromatic heterocycles. The normalized spacial score (nSPS) is 13.4. The van der Waals surface area contributed by atoms with Crippen molar-refractivity contribution in [2.45, 2.75) is 0 Å². The van der Waals surface area contributed by atoms with Gasteiger partial charge in [0.25, 0.3) is 5.91 Å². The summed E-state index contributed by atoms with van der Waals surface area (Å²) < 4.78 is 5.11. The number of carbonyl (C=O) groups excluding carboxylic acids is 2. The highest BCUT2D eigenvalue weighted by atomic mass is 35.5. The van der Waals surface area contributed by atoms with Gasteiger partial charge in [0.05, 0.1) is 12.1 Å². The van der Waals surface area contributed by atoms with Gasteiger partial charge in [-0.1, -0.05) is 41.9 Å². The van der Waals surface area contributed by atoms with Crippen LogP contribution in [0.3, 0.4) is 0 Å². The average molecular weight is 535 g/mol. The summed E-state index contributed by atoms with van der Waals surface area (Å²) in [5.74, 6) is 0.146. The molecule has 1 saturated heterocycles. The second-order valence-electron chi connectivity index (χ2n) is 8.36. The maximum Gasteiger partial charge on any atom is 0.257 e. The summed E-state index contributed by atoms with van der Waals surface area (Å²) in [6.07, 6.45) is 3.48. The molecule has 190 valence electrons. The van der Waals surface area contributed by atoms with Crippen molar-refractivity contribution in [1.82, 2.24) is 10.2 Å². The first kappa shape index (κ1) is 26.2. The molecule has 0 radical (unpaired) electrons. The monoisotopic (exact) mass is 534 g/mol. The molecule has 1 fully saturated rings. The zero-order valence-electron chi connectivity index (χ0n) is 20.3. The molecule has 7 nitrogen and oxygen atoms in total. The quantitative estimate of drug-likeness (QED) is 0.348. The van der Waals surface area contributed by atoms with Crippen molar-refractivity contribution in [3.63, 3.8) is 0 Å². The molecule has 9 heteroatoms. The minimum Gasteiger partial charge on any atom is -0.495 e. The number of piperazine rings is 1. The minimum absolute atomic E-state index is 0.0236. The van der Waals surface area contributed by atoms with Gasteiger partial charge in [0, 0.05) is 49.2 Å². The molecule has 3 aromatic rings. The Hall–Kier alpha value is -3.88. The van der Waals surface area contributed by atoms with Gasteiger partial charge in [0.2, 0.25) is 5.91 Å². The summed E-state index contributed by atoms with van der Waals surface area (Å²) in [6, 6.07) is 22.3. The Kier molecular flexibility index (Phi) is 8.77. The zero-order chi connectivity index (χ0) is 26.2. The van der Waals surface area contributed by atoms with Gasteiger partial charge in [-0.05, 0) is 66.3 Å². The number of ether oxygens (including phenoxy) is 1. The third kappa shape index (κ3) is 7.09. The van der Waals surface area contributed by atoms with E-state index in [-0.39, 0.29) is 16.9 Å². The van der Waals surface area contributed by atoms with Crippen LogP contribution in [0.1, 0.15) is 15.9 Å². The summed E-state index contributed by atoms with van der Waals surface area (Å²) in [6.45, 7) is 2.81. The Morgan fingerprint density at radius 3 is 2.32 bits per heavy atom. The number of carbonyl (C=O) groups is 2. The van der Waals surface area contributed by atoms with Gasteiger partial charge in [-0.3, -0.25) is 14.9 Å². The fraction of sp³-hybridized carbons (Fsp3) is 0.179. The van der Waals surface area contributed by atoms with Crippen LogP contribution in [0.25, 0.3) is 6.08 Å². The number of nitrogens with zero attached hydrogens (tertiary/aromatic N) is 2. The molecule has 0 spiro atoms. The molecule has 4 rings (SSSR count). The van der Waals surface area contributed by atoms with Crippen molar-refractivity contribution in [3.8, 4) is 5.75 Å². The van der Waals surface area contributed by atoms with Crippen molar-refractivity contribution >= 4 is 58.2 Å². The number of methoxy groups -OCH3 is 1. The number of nitrogens with one attached hydrogen (secondary N) is 2. The number of amides is 2. The SMILES string of the molecule is COc1ccc(C(=O)NC(=S)Nc2ccc(N3CCN(C(=O)/C=C/c4ccccc4)CC3)cc2)cc1Cl. The van der Waals surface area contributed by atoms with Crippen LogP contribution in [-0.2, 0) is 4.79 Å². The van der Waals surface area contributed by atoms with Crippen LogP contribution in [0.15, 0.2) is 78.9 Å². The van der Waals surface area contributed by atoms with Crippen LogP contribution in [0.4, 0.5) is 11.4 Å². The molecule has 37 heavy (non-hydrogen) atoms. The lowest BCUT2D eigenvalue weighted by Crippen LogP contribution is -2.48. The van der Waals surface area contributed by atoms with E-state index in [4.69, 9.17) is 28.6 Å². The van der Waals surface area contributed by atoms with Crippen LogP contribution in [0, 0.1) is 0 Å². The number of benzene rings is 3. The summed E-state index contributed by atoms with van der Waals surface area (Å²) in [5, 5.41) is 6.20. The van der Waals surface area contributed by atoms with Crippen LogP contribution in [-0.4, -0.2) is 55.1 Å². The lowest BCUT2D eigenvalue weighted by atomic mass is 10.2. The van der Waals surface area contributed by atoms with Gasteiger partial charge < -0.3 is 19.9 Å². The smallest absolute Gasteiger partial charge is 0.257 e. The number of anilines is 2. The molecule has 0 aliphatic carbocycles. The lowest BCUT2D eigenvalue weighted by Gasteiger charge is -2.35. The third-order valence-corrected chi connectivity index (χ3v) is 6.44. The summed E-state index contributed by atoms with van der Waals surface area (Å²) >= 11 is 11.4. The van der Waals surface area contributed by atoms with Gasteiger partial charge in [-0.15, -0.1) is 0 Å². The highest BCUT2D eigenvalue weighted by Crippen LogP contribution is 2.25. The van der Waals surface area contributed by atoms with E-state index in [2.05, 4.69) is 15.5 Å². The molecular weight excluding hydrogens is 508 g/mol. The Balaban J connectivity index is 1.25. The predicted octanol–water partition coefficient (Wildman–Crippen LogP) is 4.84. The first-order chi connectivity index (χ1) is 17.9. The van der Waals surface area contributed by atoms with Crippen molar-refractivity contribution in [2.75, 3.05) is 43.5 Å². The van der Waals surface area contributed by atoms with Crippen molar-refractivity contribution in [1.29, 1.82) is 0 Å². The second-order valence-corrected chi connectivity index (χ2v) is 9.18. The van der Waals surface area contributed by atoms with Gasteiger partial charge in [-0.2, -0.15) is 0 Å². The van der Waals surface area contributed by atoms with E-state index in [1.807, 2.05) is 65.6 Å². The van der Waals surface area contributed by atoms with Crippen LogP contribution < -0.4 is 20.3 Å². The first-order valence-corrected chi connectivity index (χ1v) is 12.5. The Labute approximate surface area is 226 Å². The van der Waals surface area contributed by atoms with E-state index in [1.165, 1.54) is 13.2 Å². The van der Waals surface area contributed by atoms with Crippen LogP contribution in [0.2, 0.25) is 5.02 Å². The lowest BCUT2D eigenvalue weighted by molar-refractivity contribution is -0.126. The fourth-order valence-electron chi connectivity index (χ4n) is 3.92. The molecule has 0 saturated carbocycles. The third-order valence-electron chi connectivity index (χ3n) is 5.94. The maximum absolute atomic E-state index is 12.5. The van der Waals surface area contributed by atoms with Gasteiger partial charge in [-0.25, -0.2) is 0 Å². The number of rotatable bonds is 6. The largest absolute Gasteiger partial charge is 0.495 e. The standard InChI is InChI=1S/C28H27ClN4O3S/c1-36-25-13-8-21(19-24(25)29)27(35)31-28(37)30-22-9-11-23(12-10-22)32-15-17-33(18-16-32)26(34)14-7-20-5-3-2-4-6-20/h2-14,19H,15-18H2,1H3,(H2,30,31,35,37)/b14-7+. The van der Waals surface area contributed by atoms with E-state index >= 15 is 0 Å². The van der Waals surface area contributed by atoms with Crippen molar-refractivity contribution in [2.24, 2.45) is 0 Å². The van der Waals surface area contributed by atoms with Crippen LogP contribution >= 0.6 is 23.8 Å². The molecule has 3 aromatic carbocycles. The number of hydrogen-bond acceptors (Lipinski definition) is 5. The van der Waals surface area contributed by atoms with E-state index in [1.54, 1.807) is 18.2 Å². The second kappa shape index (κ2) is 12.4. The molecule has 1 heterocycles. The van der Waals surface area contributed by atoms with E-state index in [0.29, 0.717) is 29.4 Å². The number of thiocarbonyl (C=S) groups is 1. The Bertz CT molecular complexity index is 1290. The van der Waals surface area contributed by atoms with E-state index < -0.39 is 0 Å². The number of hydrogen-bond donors (Lipinski definition) is 2. The Morgan fingerprint density at radius 1 is 0.973 bits per heavy atom. The molecular formula is C28H27ClN4O3S. The van der Waals surface area contributed by atoms with Gasteiger partial charge in [0.1, 0.15) is 5.75 Å². The van der Waals surface area contributed by atoms with E-state index in [0.717, 1.165) is 30.0 Å². The average Bonchev–Trinajstić information content (AvgIpc) is 2.92. The predicted molar refractivity (Wildman–Crippen MR) is 152 cm³/mol.